The number of carboxylic acid groups (broad SMARTS) is 1. The third-order valence-electron chi connectivity index (χ3n) is 4.75. The minimum absolute atomic E-state index is 0.0414. The van der Waals surface area contributed by atoms with E-state index in [1.165, 1.54) is 25.7 Å². The predicted molar refractivity (Wildman–Crippen MR) is 77.3 cm³/mol. The maximum Gasteiger partial charge on any atom is 0.308 e. The Morgan fingerprint density at radius 3 is 2.20 bits per heavy atom. The fourth-order valence-electron chi connectivity index (χ4n) is 3.31. The molecule has 4 heteroatoms. The second-order valence-corrected chi connectivity index (χ2v) is 6.75. The molecule has 0 aromatic rings. The van der Waals surface area contributed by atoms with Crippen LogP contribution in [0.4, 0.5) is 0 Å². The maximum absolute atomic E-state index is 12.6. The molecule has 1 amide bonds. The Labute approximate surface area is 121 Å². The highest BCUT2D eigenvalue weighted by atomic mass is 16.4. The van der Waals surface area contributed by atoms with Gasteiger partial charge in [-0.2, -0.15) is 0 Å². The third kappa shape index (κ3) is 3.97. The molecular weight excluding hydrogens is 254 g/mol. The van der Waals surface area contributed by atoms with Crippen molar-refractivity contribution in [2.75, 3.05) is 6.54 Å². The lowest BCUT2D eigenvalue weighted by Crippen LogP contribution is -2.41. The van der Waals surface area contributed by atoms with Crippen molar-refractivity contribution in [2.24, 2.45) is 17.8 Å². The van der Waals surface area contributed by atoms with E-state index in [0.29, 0.717) is 18.5 Å². The van der Waals surface area contributed by atoms with Gasteiger partial charge in [0.05, 0.1) is 5.92 Å². The van der Waals surface area contributed by atoms with Crippen molar-refractivity contribution < 1.29 is 14.7 Å². The SMILES string of the molecule is CC(CN(C(=O)C(C)CC1CCCC1)C1CC1)C(=O)O. The van der Waals surface area contributed by atoms with Crippen LogP contribution in [0.5, 0.6) is 0 Å². The first-order valence-electron chi connectivity index (χ1n) is 8.02. The fraction of sp³-hybridized carbons (Fsp3) is 0.875. The lowest BCUT2D eigenvalue weighted by molar-refractivity contribution is -0.144. The first kappa shape index (κ1) is 15.3. The van der Waals surface area contributed by atoms with Crippen LogP contribution < -0.4 is 0 Å². The highest BCUT2D eigenvalue weighted by molar-refractivity contribution is 5.80. The lowest BCUT2D eigenvalue weighted by Gasteiger charge is -2.28. The molecule has 2 atom stereocenters. The normalized spacial score (nSPS) is 22.5. The number of carboxylic acids is 1. The van der Waals surface area contributed by atoms with Crippen molar-refractivity contribution in [2.45, 2.75) is 64.8 Å². The number of rotatable bonds is 7. The Hall–Kier alpha value is -1.06. The highest BCUT2D eigenvalue weighted by Crippen LogP contribution is 2.33. The smallest absolute Gasteiger partial charge is 0.308 e. The number of hydrogen-bond donors (Lipinski definition) is 1. The molecule has 2 fully saturated rings. The van der Waals surface area contributed by atoms with Gasteiger partial charge in [0.25, 0.3) is 0 Å². The van der Waals surface area contributed by atoms with Crippen LogP contribution >= 0.6 is 0 Å². The van der Waals surface area contributed by atoms with Crippen LogP contribution in [0.3, 0.4) is 0 Å². The van der Waals surface area contributed by atoms with Crippen LogP contribution in [0.1, 0.15) is 58.8 Å². The van der Waals surface area contributed by atoms with E-state index in [-0.39, 0.29) is 11.8 Å². The largest absolute Gasteiger partial charge is 0.481 e. The Morgan fingerprint density at radius 2 is 1.70 bits per heavy atom. The Bertz CT molecular complexity index is 359. The maximum atomic E-state index is 12.6. The van der Waals surface area contributed by atoms with Crippen LogP contribution in [0.15, 0.2) is 0 Å². The van der Waals surface area contributed by atoms with Crippen molar-refractivity contribution in [1.29, 1.82) is 0 Å². The van der Waals surface area contributed by atoms with Crippen molar-refractivity contribution in [1.82, 2.24) is 4.90 Å². The first-order chi connectivity index (χ1) is 9.49. The molecule has 2 rings (SSSR count). The number of hydrogen-bond acceptors (Lipinski definition) is 2. The van der Waals surface area contributed by atoms with Crippen molar-refractivity contribution in [3.05, 3.63) is 0 Å². The minimum atomic E-state index is -0.813. The van der Waals surface area contributed by atoms with Crippen molar-refractivity contribution >= 4 is 11.9 Å². The van der Waals surface area contributed by atoms with Crippen molar-refractivity contribution in [3.8, 4) is 0 Å². The molecule has 2 saturated carbocycles. The van der Waals surface area contributed by atoms with Gasteiger partial charge in [-0.05, 0) is 25.2 Å². The molecule has 2 unspecified atom stereocenters. The summed E-state index contributed by atoms with van der Waals surface area (Å²) in [4.78, 5) is 25.5. The average Bonchev–Trinajstić information content (AvgIpc) is 3.12. The van der Waals surface area contributed by atoms with E-state index < -0.39 is 11.9 Å². The second-order valence-electron chi connectivity index (χ2n) is 6.75. The topological polar surface area (TPSA) is 57.6 Å². The molecular formula is C16H27NO3. The summed E-state index contributed by atoms with van der Waals surface area (Å²) in [5, 5.41) is 9.05. The summed E-state index contributed by atoms with van der Waals surface area (Å²) in [7, 11) is 0. The summed E-state index contributed by atoms with van der Waals surface area (Å²) in [6, 6.07) is 0.301. The van der Waals surface area contributed by atoms with Crippen LogP contribution in [-0.2, 0) is 9.59 Å². The van der Waals surface area contributed by atoms with Gasteiger partial charge >= 0.3 is 5.97 Å². The summed E-state index contributed by atoms with van der Waals surface area (Å²) in [5.41, 5.74) is 0. The van der Waals surface area contributed by atoms with Gasteiger partial charge in [0.1, 0.15) is 0 Å². The van der Waals surface area contributed by atoms with E-state index in [2.05, 4.69) is 0 Å². The van der Waals surface area contributed by atoms with E-state index >= 15 is 0 Å². The standard InChI is InChI=1S/C16H27NO3/c1-11(9-13-5-3-4-6-13)15(18)17(14-7-8-14)10-12(2)16(19)20/h11-14H,3-10H2,1-2H3,(H,19,20). The lowest BCUT2D eigenvalue weighted by atomic mass is 9.93. The number of aliphatic carboxylic acids is 1. The summed E-state index contributed by atoms with van der Waals surface area (Å²) < 4.78 is 0. The Morgan fingerprint density at radius 1 is 1.10 bits per heavy atom. The van der Waals surface area contributed by atoms with Crippen LogP contribution in [0.25, 0.3) is 0 Å². The zero-order valence-corrected chi connectivity index (χ0v) is 12.7. The average molecular weight is 281 g/mol. The summed E-state index contributed by atoms with van der Waals surface area (Å²) >= 11 is 0. The van der Waals surface area contributed by atoms with E-state index in [9.17, 15) is 9.59 Å². The molecule has 2 aliphatic carbocycles. The van der Waals surface area contributed by atoms with Gasteiger partial charge < -0.3 is 10.0 Å². The number of amides is 1. The van der Waals surface area contributed by atoms with Crippen LogP contribution in [-0.4, -0.2) is 34.5 Å². The van der Waals surface area contributed by atoms with E-state index in [1.807, 2.05) is 11.8 Å². The summed E-state index contributed by atoms with van der Waals surface area (Å²) in [5.74, 6) is -0.371. The zero-order valence-electron chi connectivity index (χ0n) is 12.7. The summed E-state index contributed by atoms with van der Waals surface area (Å²) in [6.07, 6.45) is 8.16. The summed E-state index contributed by atoms with van der Waals surface area (Å²) in [6.45, 7) is 4.07. The number of carbonyl (C=O) groups excluding carboxylic acids is 1. The van der Waals surface area contributed by atoms with Gasteiger partial charge in [-0.25, -0.2) is 0 Å². The minimum Gasteiger partial charge on any atom is -0.481 e. The zero-order chi connectivity index (χ0) is 14.7. The quantitative estimate of drug-likeness (QED) is 0.780. The first-order valence-corrected chi connectivity index (χ1v) is 8.02. The molecule has 114 valence electrons. The van der Waals surface area contributed by atoms with Gasteiger partial charge in [-0.1, -0.05) is 39.5 Å². The molecule has 4 nitrogen and oxygen atoms in total. The van der Waals surface area contributed by atoms with Gasteiger partial charge in [-0.15, -0.1) is 0 Å². The van der Waals surface area contributed by atoms with E-state index in [0.717, 1.165) is 19.3 Å². The van der Waals surface area contributed by atoms with Crippen LogP contribution in [0, 0.1) is 17.8 Å². The van der Waals surface area contributed by atoms with Gasteiger partial charge in [0.2, 0.25) is 5.91 Å². The number of nitrogens with zero attached hydrogens (tertiary/aromatic N) is 1. The molecule has 0 radical (unpaired) electrons. The Balaban J connectivity index is 1.90. The molecule has 0 aliphatic heterocycles. The van der Waals surface area contributed by atoms with E-state index in [4.69, 9.17) is 5.11 Å². The molecule has 0 saturated heterocycles. The number of carbonyl (C=O) groups is 2. The fourth-order valence-corrected chi connectivity index (χ4v) is 3.31. The molecule has 0 heterocycles. The molecule has 0 aromatic heterocycles. The molecule has 1 N–H and O–H groups in total. The van der Waals surface area contributed by atoms with Gasteiger partial charge in [0, 0.05) is 18.5 Å². The van der Waals surface area contributed by atoms with Gasteiger partial charge in [-0.3, -0.25) is 9.59 Å². The van der Waals surface area contributed by atoms with Gasteiger partial charge in [0.15, 0.2) is 0 Å². The predicted octanol–water partition coefficient (Wildman–Crippen LogP) is 2.91. The second kappa shape index (κ2) is 6.59. The highest BCUT2D eigenvalue weighted by Gasteiger charge is 2.36. The molecule has 0 aromatic carbocycles. The molecule has 20 heavy (non-hydrogen) atoms. The third-order valence-corrected chi connectivity index (χ3v) is 4.75. The van der Waals surface area contributed by atoms with Crippen LogP contribution in [0.2, 0.25) is 0 Å². The van der Waals surface area contributed by atoms with Crippen molar-refractivity contribution in [3.63, 3.8) is 0 Å². The molecule has 2 aliphatic rings. The van der Waals surface area contributed by atoms with E-state index in [1.54, 1.807) is 6.92 Å². The molecule has 0 bridgehead atoms. The molecule has 0 spiro atoms. The monoisotopic (exact) mass is 281 g/mol. The Kier molecular flexibility index (Phi) is 5.06.